The number of nitrogens with zero attached hydrogens (tertiary/aromatic N) is 2. The third-order valence-corrected chi connectivity index (χ3v) is 5.29. The molecule has 0 aliphatic carbocycles. The Labute approximate surface area is 153 Å². The van der Waals surface area contributed by atoms with E-state index in [1.54, 1.807) is 18.4 Å². The van der Waals surface area contributed by atoms with Crippen LogP contribution in [0.15, 0.2) is 34.6 Å². The fourth-order valence-electron chi connectivity index (χ4n) is 3.06. The molecule has 6 heteroatoms. The van der Waals surface area contributed by atoms with Crippen molar-refractivity contribution in [2.75, 3.05) is 7.05 Å². The highest BCUT2D eigenvalue weighted by Crippen LogP contribution is 2.39. The van der Waals surface area contributed by atoms with Crippen LogP contribution in [0.2, 0.25) is 0 Å². The maximum absolute atomic E-state index is 6.10. The van der Waals surface area contributed by atoms with Crippen LogP contribution in [0, 0.1) is 0 Å². The molecule has 134 valence electrons. The molecule has 0 bridgehead atoms. The first-order valence-corrected chi connectivity index (χ1v) is 9.57. The summed E-state index contributed by atoms with van der Waals surface area (Å²) in [5.74, 6) is 1.72. The van der Waals surface area contributed by atoms with Crippen LogP contribution in [-0.4, -0.2) is 23.6 Å². The predicted octanol–water partition coefficient (Wildman–Crippen LogP) is 3.67. The van der Waals surface area contributed by atoms with Gasteiger partial charge in [-0.15, -0.1) is 11.3 Å². The van der Waals surface area contributed by atoms with Crippen molar-refractivity contribution >= 4 is 17.3 Å². The zero-order chi connectivity index (χ0) is 17.9. The molecule has 5 nitrogen and oxygen atoms in total. The number of hydrogen-bond donors (Lipinski definition) is 2. The van der Waals surface area contributed by atoms with Crippen LogP contribution in [-0.2, 0) is 13.0 Å². The van der Waals surface area contributed by atoms with E-state index in [9.17, 15) is 0 Å². The quantitative estimate of drug-likeness (QED) is 0.647. The van der Waals surface area contributed by atoms with Gasteiger partial charge in [-0.2, -0.15) is 0 Å². The summed E-state index contributed by atoms with van der Waals surface area (Å²) >= 11 is 1.71. The SMILES string of the molecule is CCc1nc(CNC(=NC)NC2CC(C)(C)Oc3ccccc32)cs1. The molecule has 1 atom stereocenters. The first-order valence-electron chi connectivity index (χ1n) is 8.69. The van der Waals surface area contributed by atoms with Gasteiger partial charge >= 0.3 is 0 Å². The minimum Gasteiger partial charge on any atom is -0.487 e. The molecule has 0 saturated heterocycles. The molecule has 1 aromatic heterocycles. The maximum atomic E-state index is 6.10. The van der Waals surface area contributed by atoms with Crippen LogP contribution in [0.3, 0.4) is 0 Å². The largest absolute Gasteiger partial charge is 0.487 e. The van der Waals surface area contributed by atoms with Gasteiger partial charge in [-0.05, 0) is 26.3 Å². The second-order valence-electron chi connectivity index (χ2n) is 6.81. The standard InChI is InChI=1S/C19H26N4OS/c1-5-17-22-13(12-25-17)11-21-18(20-4)23-15-10-19(2,3)24-16-9-7-6-8-14(15)16/h6-9,12,15H,5,10-11H2,1-4H3,(H2,20,21,23). The van der Waals surface area contributed by atoms with Gasteiger partial charge in [0.25, 0.3) is 0 Å². The molecule has 2 heterocycles. The van der Waals surface area contributed by atoms with E-state index in [2.05, 4.69) is 52.8 Å². The molecule has 3 rings (SSSR count). The van der Waals surface area contributed by atoms with E-state index in [0.29, 0.717) is 6.54 Å². The average Bonchev–Trinajstić information content (AvgIpc) is 3.05. The Morgan fingerprint density at radius 1 is 1.40 bits per heavy atom. The molecule has 0 saturated carbocycles. The van der Waals surface area contributed by atoms with Gasteiger partial charge in [-0.3, -0.25) is 4.99 Å². The van der Waals surface area contributed by atoms with Gasteiger partial charge in [0.15, 0.2) is 5.96 Å². The van der Waals surface area contributed by atoms with Gasteiger partial charge < -0.3 is 15.4 Å². The third-order valence-electron chi connectivity index (χ3n) is 4.25. The fourth-order valence-corrected chi connectivity index (χ4v) is 3.80. The van der Waals surface area contributed by atoms with Gasteiger partial charge in [0, 0.05) is 24.4 Å². The Kier molecular flexibility index (Phi) is 5.27. The summed E-state index contributed by atoms with van der Waals surface area (Å²) in [6, 6.07) is 8.37. The van der Waals surface area contributed by atoms with E-state index in [0.717, 1.165) is 30.2 Å². The molecule has 1 unspecified atom stereocenters. The lowest BCUT2D eigenvalue weighted by molar-refractivity contribution is 0.0694. The molecule has 0 spiro atoms. The molecule has 2 N–H and O–H groups in total. The summed E-state index contributed by atoms with van der Waals surface area (Å²) in [4.78, 5) is 8.97. The third kappa shape index (κ3) is 4.31. The van der Waals surface area contributed by atoms with Crippen molar-refractivity contribution in [3.63, 3.8) is 0 Å². The van der Waals surface area contributed by atoms with Crippen LogP contribution >= 0.6 is 11.3 Å². The number of aromatic nitrogens is 1. The highest BCUT2D eigenvalue weighted by molar-refractivity contribution is 7.09. The molecule has 1 aliphatic heterocycles. The number of benzene rings is 1. The van der Waals surface area contributed by atoms with E-state index < -0.39 is 0 Å². The van der Waals surface area contributed by atoms with Crippen LogP contribution < -0.4 is 15.4 Å². The first kappa shape index (κ1) is 17.7. The topological polar surface area (TPSA) is 58.5 Å². The first-order chi connectivity index (χ1) is 12.0. The van der Waals surface area contributed by atoms with Crippen molar-refractivity contribution in [1.82, 2.24) is 15.6 Å². The number of para-hydroxylation sites is 1. The summed E-state index contributed by atoms with van der Waals surface area (Å²) < 4.78 is 6.10. The van der Waals surface area contributed by atoms with Gasteiger partial charge in [-0.1, -0.05) is 25.1 Å². The minimum atomic E-state index is -0.212. The lowest BCUT2D eigenvalue weighted by Crippen LogP contribution is -2.45. The highest BCUT2D eigenvalue weighted by atomic mass is 32.1. The fraction of sp³-hybridized carbons (Fsp3) is 0.474. The van der Waals surface area contributed by atoms with E-state index in [-0.39, 0.29) is 11.6 Å². The molecular formula is C19H26N4OS. The van der Waals surface area contributed by atoms with Crippen LogP contribution in [0.25, 0.3) is 0 Å². The molecule has 0 amide bonds. The number of rotatable bonds is 4. The lowest BCUT2D eigenvalue weighted by atomic mass is 9.90. The average molecular weight is 359 g/mol. The number of nitrogens with one attached hydrogen (secondary N) is 2. The van der Waals surface area contributed by atoms with Gasteiger partial charge in [0.05, 0.1) is 23.3 Å². The Balaban J connectivity index is 1.69. The summed E-state index contributed by atoms with van der Waals surface area (Å²) in [6.45, 7) is 7.04. The van der Waals surface area contributed by atoms with Crippen molar-refractivity contribution in [3.8, 4) is 5.75 Å². The van der Waals surface area contributed by atoms with Crippen molar-refractivity contribution < 1.29 is 4.74 Å². The van der Waals surface area contributed by atoms with Gasteiger partial charge in [-0.25, -0.2) is 4.98 Å². The van der Waals surface area contributed by atoms with Crippen molar-refractivity contribution in [2.45, 2.75) is 51.8 Å². The normalized spacial score (nSPS) is 19.0. The molecule has 2 aromatic rings. The summed E-state index contributed by atoms with van der Waals surface area (Å²) in [7, 11) is 1.80. The molecule has 25 heavy (non-hydrogen) atoms. The molecule has 0 fully saturated rings. The van der Waals surface area contributed by atoms with Crippen molar-refractivity contribution in [2.24, 2.45) is 4.99 Å². The Hall–Kier alpha value is -2.08. The van der Waals surface area contributed by atoms with Crippen LogP contribution in [0.5, 0.6) is 5.75 Å². The monoisotopic (exact) mass is 358 g/mol. The maximum Gasteiger partial charge on any atom is 0.191 e. The molecular weight excluding hydrogens is 332 g/mol. The highest BCUT2D eigenvalue weighted by Gasteiger charge is 2.33. The Morgan fingerprint density at radius 2 is 2.20 bits per heavy atom. The second-order valence-corrected chi connectivity index (χ2v) is 7.76. The zero-order valence-electron chi connectivity index (χ0n) is 15.3. The smallest absolute Gasteiger partial charge is 0.191 e. The van der Waals surface area contributed by atoms with E-state index in [4.69, 9.17) is 4.74 Å². The van der Waals surface area contributed by atoms with Gasteiger partial charge in [0.2, 0.25) is 0 Å². The van der Waals surface area contributed by atoms with E-state index >= 15 is 0 Å². The van der Waals surface area contributed by atoms with Crippen molar-refractivity contribution in [3.05, 3.63) is 45.9 Å². The van der Waals surface area contributed by atoms with Crippen molar-refractivity contribution in [1.29, 1.82) is 0 Å². The number of ether oxygens (including phenoxy) is 1. The number of guanidine groups is 1. The summed E-state index contributed by atoms with van der Waals surface area (Å²) in [5, 5.41) is 10.2. The lowest BCUT2D eigenvalue weighted by Gasteiger charge is -2.38. The van der Waals surface area contributed by atoms with Gasteiger partial charge in [0.1, 0.15) is 11.4 Å². The zero-order valence-corrected chi connectivity index (χ0v) is 16.1. The van der Waals surface area contributed by atoms with Crippen LogP contribution in [0.4, 0.5) is 0 Å². The van der Waals surface area contributed by atoms with E-state index in [1.165, 1.54) is 10.6 Å². The Bertz CT molecular complexity index is 753. The number of aliphatic imine (C=N–C) groups is 1. The van der Waals surface area contributed by atoms with Crippen LogP contribution in [0.1, 0.15) is 49.5 Å². The molecule has 1 aliphatic rings. The minimum absolute atomic E-state index is 0.160. The second kappa shape index (κ2) is 7.44. The molecule has 1 aromatic carbocycles. The number of fused-ring (bicyclic) bond motifs is 1. The predicted molar refractivity (Wildman–Crippen MR) is 103 cm³/mol. The van der Waals surface area contributed by atoms with E-state index in [1.807, 2.05) is 18.2 Å². The number of hydrogen-bond acceptors (Lipinski definition) is 4. The summed E-state index contributed by atoms with van der Waals surface area (Å²) in [6.07, 6.45) is 1.85. The number of thiazole rings is 1. The summed E-state index contributed by atoms with van der Waals surface area (Å²) in [5.41, 5.74) is 2.01. The number of aryl methyl sites for hydroxylation is 1. The Morgan fingerprint density at radius 3 is 2.92 bits per heavy atom. The molecule has 0 radical (unpaired) electrons.